The van der Waals surface area contributed by atoms with E-state index in [2.05, 4.69) is 16.0 Å². The summed E-state index contributed by atoms with van der Waals surface area (Å²) in [5, 5.41) is 1.53. The molecule has 5 rings (SSSR count). The molecule has 0 spiro atoms. The molecule has 0 saturated carbocycles. The third-order valence-electron chi connectivity index (χ3n) is 5.58. The molecule has 0 atom stereocenters. The fourth-order valence-electron chi connectivity index (χ4n) is 3.86. The second-order valence-corrected chi connectivity index (χ2v) is 9.13. The summed E-state index contributed by atoms with van der Waals surface area (Å²) in [5.41, 5.74) is 2.95. The van der Waals surface area contributed by atoms with Crippen molar-refractivity contribution >= 4 is 28.8 Å². The number of ether oxygens (including phenoxy) is 2. The smallest absolute Gasteiger partial charge is 0.265 e. The minimum atomic E-state index is 0.0675. The van der Waals surface area contributed by atoms with Crippen molar-refractivity contribution < 1.29 is 14.3 Å². The second-order valence-electron chi connectivity index (χ2n) is 7.70. The lowest BCUT2D eigenvalue weighted by Crippen LogP contribution is -2.48. The molecule has 31 heavy (non-hydrogen) atoms. The van der Waals surface area contributed by atoms with Crippen molar-refractivity contribution in [2.45, 2.75) is 13.5 Å². The minimum absolute atomic E-state index is 0.0675. The van der Waals surface area contributed by atoms with E-state index in [-0.39, 0.29) is 12.7 Å². The number of halogens is 1. The summed E-state index contributed by atoms with van der Waals surface area (Å²) < 4.78 is 10.9. The lowest BCUT2D eigenvalue weighted by Gasteiger charge is -2.34. The Morgan fingerprint density at radius 2 is 1.81 bits per heavy atom. The van der Waals surface area contributed by atoms with Crippen LogP contribution in [0, 0.1) is 6.92 Å². The van der Waals surface area contributed by atoms with Gasteiger partial charge in [0.2, 0.25) is 6.79 Å². The predicted octanol–water partition coefficient (Wildman–Crippen LogP) is 4.46. The van der Waals surface area contributed by atoms with Crippen LogP contribution in [0.4, 0.5) is 0 Å². The van der Waals surface area contributed by atoms with Gasteiger partial charge in [0.15, 0.2) is 11.5 Å². The molecular weight excluding hydrogens is 434 g/mol. The van der Waals surface area contributed by atoms with Crippen molar-refractivity contribution in [3.8, 4) is 22.1 Å². The maximum atomic E-state index is 13.1. The molecule has 1 fully saturated rings. The molecule has 3 heterocycles. The molecule has 0 unspecified atom stereocenters. The van der Waals surface area contributed by atoms with Gasteiger partial charge < -0.3 is 14.4 Å². The molecule has 2 aliphatic rings. The Morgan fingerprint density at radius 1 is 1.06 bits per heavy atom. The van der Waals surface area contributed by atoms with Crippen molar-refractivity contribution in [1.82, 2.24) is 14.8 Å². The molecule has 0 N–H and O–H groups in total. The predicted molar refractivity (Wildman–Crippen MR) is 121 cm³/mol. The van der Waals surface area contributed by atoms with E-state index in [9.17, 15) is 4.79 Å². The molecule has 1 saturated heterocycles. The number of hydrogen-bond acceptors (Lipinski definition) is 6. The first kappa shape index (κ1) is 20.3. The zero-order valence-corrected chi connectivity index (χ0v) is 18.7. The number of aromatic nitrogens is 1. The first-order valence-electron chi connectivity index (χ1n) is 10.2. The Hall–Kier alpha value is -2.61. The van der Waals surface area contributed by atoms with Crippen LogP contribution in [0.25, 0.3) is 10.6 Å². The zero-order chi connectivity index (χ0) is 21.4. The molecule has 0 aliphatic carbocycles. The third kappa shape index (κ3) is 4.26. The standard InChI is InChI=1S/C23H22ClN3O3S/c1-15-21(31-22(25-15)17-3-5-18(24)6-4-17)23(28)27-10-8-26(9-11-27)13-16-2-7-19-20(12-16)30-14-29-19/h2-7,12H,8-11,13-14H2,1H3. The minimum Gasteiger partial charge on any atom is -0.454 e. The maximum Gasteiger partial charge on any atom is 0.265 e. The van der Waals surface area contributed by atoms with E-state index in [1.54, 1.807) is 0 Å². The van der Waals surface area contributed by atoms with Crippen molar-refractivity contribution in [3.05, 3.63) is 63.6 Å². The van der Waals surface area contributed by atoms with E-state index < -0.39 is 0 Å². The van der Waals surface area contributed by atoms with Crippen LogP contribution in [-0.2, 0) is 6.54 Å². The van der Waals surface area contributed by atoms with Crippen LogP contribution in [0.1, 0.15) is 20.9 Å². The number of hydrogen-bond donors (Lipinski definition) is 0. The molecule has 8 heteroatoms. The summed E-state index contributed by atoms with van der Waals surface area (Å²) in [6.45, 7) is 6.10. The fraction of sp³-hybridized carbons (Fsp3) is 0.304. The largest absolute Gasteiger partial charge is 0.454 e. The van der Waals surface area contributed by atoms with Crippen LogP contribution < -0.4 is 9.47 Å². The lowest BCUT2D eigenvalue weighted by atomic mass is 10.1. The molecule has 1 amide bonds. The van der Waals surface area contributed by atoms with Crippen LogP contribution in [0.15, 0.2) is 42.5 Å². The van der Waals surface area contributed by atoms with Gasteiger partial charge in [0, 0.05) is 43.3 Å². The average Bonchev–Trinajstić information content (AvgIpc) is 3.40. The molecule has 2 aromatic carbocycles. The van der Waals surface area contributed by atoms with E-state index >= 15 is 0 Å². The maximum absolute atomic E-state index is 13.1. The quantitative estimate of drug-likeness (QED) is 0.581. The summed E-state index contributed by atoms with van der Waals surface area (Å²) in [6.07, 6.45) is 0. The van der Waals surface area contributed by atoms with E-state index in [4.69, 9.17) is 21.1 Å². The van der Waals surface area contributed by atoms with Gasteiger partial charge in [-0.15, -0.1) is 11.3 Å². The summed E-state index contributed by atoms with van der Waals surface area (Å²) >= 11 is 7.43. The van der Waals surface area contributed by atoms with Gasteiger partial charge in [-0.25, -0.2) is 4.98 Å². The molecule has 6 nitrogen and oxygen atoms in total. The zero-order valence-electron chi connectivity index (χ0n) is 17.1. The highest BCUT2D eigenvalue weighted by Crippen LogP contribution is 2.33. The van der Waals surface area contributed by atoms with E-state index in [0.29, 0.717) is 23.0 Å². The Balaban J connectivity index is 1.21. The summed E-state index contributed by atoms with van der Waals surface area (Å²) in [5.74, 6) is 1.68. The van der Waals surface area contributed by atoms with Gasteiger partial charge >= 0.3 is 0 Å². The molecule has 2 aliphatic heterocycles. The average molecular weight is 456 g/mol. The SMILES string of the molecule is Cc1nc(-c2ccc(Cl)cc2)sc1C(=O)N1CCN(Cc2ccc3c(c2)OCO3)CC1. The number of piperazine rings is 1. The van der Waals surface area contributed by atoms with Gasteiger partial charge in [0.25, 0.3) is 5.91 Å². The molecule has 3 aromatic rings. The number of fused-ring (bicyclic) bond motifs is 1. The summed E-state index contributed by atoms with van der Waals surface area (Å²) in [4.78, 5) is 22.8. The number of carbonyl (C=O) groups is 1. The Bertz CT molecular complexity index is 1110. The highest BCUT2D eigenvalue weighted by Gasteiger charge is 2.26. The van der Waals surface area contributed by atoms with Crippen LogP contribution in [0.5, 0.6) is 11.5 Å². The van der Waals surface area contributed by atoms with Crippen molar-refractivity contribution in [1.29, 1.82) is 0 Å². The van der Waals surface area contributed by atoms with Crippen molar-refractivity contribution in [2.75, 3.05) is 33.0 Å². The van der Waals surface area contributed by atoms with Crippen LogP contribution >= 0.6 is 22.9 Å². The monoisotopic (exact) mass is 455 g/mol. The van der Waals surface area contributed by atoms with Gasteiger partial charge in [-0.1, -0.05) is 29.8 Å². The summed E-state index contributed by atoms with van der Waals surface area (Å²) in [6, 6.07) is 13.6. The molecule has 1 aromatic heterocycles. The Labute approximate surface area is 190 Å². The van der Waals surface area contributed by atoms with Crippen molar-refractivity contribution in [2.24, 2.45) is 0 Å². The van der Waals surface area contributed by atoms with Crippen molar-refractivity contribution in [3.63, 3.8) is 0 Å². The van der Waals surface area contributed by atoms with E-state index in [1.807, 2.05) is 48.2 Å². The Kier molecular flexibility index (Phi) is 5.56. The van der Waals surface area contributed by atoms with E-state index in [0.717, 1.165) is 47.4 Å². The molecule has 0 radical (unpaired) electrons. The lowest BCUT2D eigenvalue weighted by molar-refractivity contribution is 0.0632. The number of amides is 1. The number of carbonyl (C=O) groups excluding carboxylic acids is 1. The van der Waals surface area contributed by atoms with Crippen LogP contribution in [-0.4, -0.2) is 53.7 Å². The number of nitrogens with zero attached hydrogens (tertiary/aromatic N) is 3. The van der Waals surface area contributed by atoms with Gasteiger partial charge in [-0.3, -0.25) is 9.69 Å². The van der Waals surface area contributed by atoms with Crippen LogP contribution in [0.3, 0.4) is 0 Å². The molecule has 160 valence electrons. The van der Waals surface area contributed by atoms with Gasteiger partial charge in [-0.2, -0.15) is 0 Å². The number of rotatable bonds is 4. The first-order valence-corrected chi connectivity index (χ1v) is 11.4. The number of benzene rings is 2. The summed E-state index contributed by atoms with van der Waals surface area (Å²) in [7, 11) is 0. The molecule has 0 bridgehead atoms. The number of thiazole rings is 1. The molecular formula is C23H22ClN3O3S. The van der Waals surface area contributed by atoms with E-state index in [1.165, 1.54) is 16.9 Å². The fourth-order valence-corrected chi connectivity index (χ4v) is 5.03. The van der Waals surface area contributed by atoms with Crippen LogP contribution in [0.2, 0.25) is 5.02 Å². The van der Waals surface area contributed by atoms with Gasteiger partial charge in [0.1, 0.15) is 9.88 Å². The van der Waals surface area contributed by atoms with Gasteiger partial charge in [0.05, 0.1) is 5.69 Å². The second kappa shape index (κ2) is 8.49. The first-order chi connectivity index (χ1) is 15.1. The topological polar surface area (TPSA) is 54.9 Å². The highest BCUT2D eigenvalue weighted by molar-refractivity contribution is 7.17. The third-order valence-corrected chi connectivity index (χ3v) is 7.03. The Morgan fingerprint density at radius 3 is 2.58 bits per heavy atom. The number of aryl methyl sites for hydroxylation is 1. The normalized spacial score (nSPS) is 16.0. The highest BCUT2D eigenvalue weighted by atomic mass is 35.5. The van der Waals surface area contributed by atoms with Gasteiger partial charge in [-0.05, 0) is 36.8 Å².